The van der Waals surface area contributed by atoms with Gasteiger partial charge in [0.1, 0.15) is 5.56 Å². The first-order chi connectivity index (χ1) is 9.19. The number of carbonyl (C=O) groups excluding carboxylic acids is 1. The van der Waals surface area contributed by atoms with Crippen LogP contribution in [-0.4, -0.2) is 18.1 Å². The molecule has 0 atom stereocenters. The van der Waals surface area contributed by atoms with E-state index in [1.807, 2.05) is 6.07 Å². The molecule has 0 amide bonds. The van der Waals surface area contributed by atoms with Crippen molar-refractivity contribution in [2.45, 2.75) is 25.7 Å². The van der Waals surface area contributed by atoms with Gasteiger partial charge < -0.3 is 9.72 Å². The van der Waals surface area contributed by atoms with E-state index in [2.05, 4.69) is 15.8 Å². The summed E-state index contributed by atoms with van der Waals surface area (Å²) in [6, 6.07) is 5.73. The number of esters is 1. The molecule has 0 unspecified atom stereocenters. The first-order valence-corrected chi connectivity index (χ1v) is 6.46. The predicted octanol–water partition coefficient (Wildman–Crippen LogP) is 2.19. The molecule has 1 aromatic carbocycles. The third-order valence-corrected chi connectivity index (χ3v) is 3.71. The fraction of sp³-hybridized carbons (Fsp3) is 0.333. The van der Waals surface area contributed by atoms with Crippen molar-refractivity contribution in [1.29, 1.82) is 0 Å². The van der Waals surface area contributed by atoms with Gasteiger partial charge in [0, 0.05) is 5.52 Å². The zero-order chi connectivity index (χ0) is 13.4. The average Bonchev–Trinajstić information content (AvgIpc) is 2.43. The maximum absolute atomic E-state index is 11.8. The van der Waals surface area contributed by atoms with E-state index in [4.69, 9.17) is 0 Å². The van der Waals surface area contributed by atoms with E-state index in [9.17, 15) is 9.59 Å². The molecule has 2 aromatic rings. The van der Waals surface area contributed by atoms with Crippen LogP contribution in [0.1, 0.15) is 34.3 Å². The lowest BCUT2D eigenvalue weighted by Gasteiger charge is -2.16. The van der Waals surface area contributed by atoms with Gasteiger partial charge in [-0.05, 0) is 60.4 Å². The Morgan fingerprint density at radius 2 is 1.84 bits per heavy atom. The summed E-state index contributed by atoms with van der Waals surface area (Å²) in [4.78, 5) is 26.1. The predicted molar refractivity (Wildman–Crippen MR) is 72.6 cm³/mol. The van der Waals surface area contributed by atoms with Crippen LogP contribution in [0.15, 0.2) is 23.0 Å². The number of aromatic amines is 1. The lowest BCUT2D eigenvalue weighted by atomic mass is 9.90. The molecule has 0 radical (unpaired) electrons. The van der Waals surface area contributed by atoms with Gasteiger partial charge in [0.25, 0.3) is 5.56 Å². The summed E-state index contributed by atoms with van der Waals surface area (Å²) in [6.07, 6.45) is 4.53. The summed E-state index contributed by atoms with van der Waals surface area (Å²) in [6.45, 7) is 0. The number of carbonyl (C=O) groups is 1. The van der Waals surface area contributed by atoms with Crippen LogP contribution in [0.2, 0.25) is 0 Å². The molecule has 0 spiro atoms. The number of fused-ring (bicyclic) bond motifs is 2. The number of hydrogen-bond donors (Lipinski definition) is 1. The Labute approximate surface area is 110 Å². The molecule has 1 N–H and O–H groups in total. The molecular weight excluding hydrogens is 242 g/mol. The van der Waals surface area contributed by atoms with Gasteiger partial charge in [0.2, 0.25) is 0 Å². The quantitative estimate of drug-likeness (QED) is 0.797. The van der Waals surface area contributed by atoms with E-state index in [1.165, 1.54) is 31.1 Å². The van der Waals surface area contributed by atoms with E-state index in [0.29, 0.717) is 0 Å². The highest BCUT2D eigenvalue weighted by atomic mass is 16.5. The molecule has 0 saturated carbocycles. The van der Waals surface area contributed by atoms with E-state index in [-0.39, 0.29) is 5.56 Å². The summed E-state index contributed by atoms with van der Waals surface area (Å²) < 4.78 is 4.62. The standard InChI is InChI=1S/C15H15NO3/c1-19-15(18)12-7-11-6-9-4-2-3-5-10(9)8-13(11)16-14(12)17/h6-8H,2-5H2,1H3,(H,16,17). The van der Waals surface area contributed by atoms with Gasteiger partial charge in [-0.25, -0.2) is 4.79 Å². The van der Waals surface area contributed by atoms with Crippen molar-refractivity contribution in [1.82, 2.24) is 4.98 Å². The van der Waals surface area contributed by atoms with Crippen molar-refractivity contribution >= 4 is 16.9 Å². The molecule has 1 heterocycles. The van der Waals surface area contributed by atoms with Gasteiger partial charge >= 0.3 is 5.97 Å². The van der Waals surface area contributed by atoms with E-state index >= 15 is 0 Å². The molecule has 3 rings (SSSR count). The Balaban J connectivity index is 2.22. The number of benzene rings is 1. The van der Waals surface area contributed by atoms with E-state index in [0.717, 1.165) is 23.7 Å². The summed E-state index contributed by atoms with van der Waals surface area (Å²) in [7, 11) is 1.28. The molecule has 1 aromatic heterocycles. The van der Waals surface area contributed by atoms with Gasteiger partial charge in [-0.2, -0.15) is 0 Å². The minimum atomic E-state index is -0.596. The summed E-state index contributed by atoms with van der Waals surface area (Å²) >= 11 is 0. The van der Waals surface area contributed by atoms with Gasteiger partial charge in [-0.15, -0.1) is 0 Å². The van der Waals surface area contributed by atoms with Crippen LogP contribution in [0.3, 0.4) is 0 Å². The number of methoxy groups -OCH3 is 1. The smallest absolute Gasteiger partial charge is 0.343 e. The lowest BCUT2D eigenvalue weighted by Crippen LogP contribution is -2.18. The molecule has 0 bridgehead atoms. The van der Waals surface area contributed by atoms with Crippen LogP contribution in [0.25, 0.3) is 10.9 Å². The van der Waals surface area contributed by atoms with Crippen LogP contribution >= 0.6 is 0 Å². The van der Waals surface area contributed by atoms with Crippen molar-refractivity contribution in [3.05, 3.63) is 45.2 Å². The first kappa shape index (κ1) is 12.0. The second-order valence-corrected chi connectivity index (χ2v) is 4.92. The first-order valence-electron chi connectivity index (χ1n) is 6.46. The fourth-order valence-electron chi connectivity index (χ4n) is 2.70. The summed E-state index contributed by atoms with van der Waals surface area (Å²) in [5, 5.41) is 0.889. The molecule has 1 aliphatic rings. The van der Waals surface area contributed by atoms with Crippen molar-refractivity contribution in [2.75, 3.05) is 7.11 Å². The minimum Gasteiger partial charge on any atom is -0.465 e. The van der Waals surface area contributed by atoms with Crippen LogP contribution in [-0.2, 0) is 17.6 Å². The van der Waals surface area contributed by atoms with Gasteiger partial charge in [-0.1, -0.05) is 0 Å². The third-order valence-electron chi connectivity index (χ3n) is 3.71. The molecule has 0 fully saturated rings. The number of H-pyrrole nitrogens is 1. The van der Waals surface area contributed by atoms with Crippen LogP contribution < -0.4 is 5.56 Å². The van der Waals surface area contributed by atoms with Crippen molar-refractivity contribution in [3.8, 4) is 0 Å². The van der Waals surface area contributed by atoms with Crippen molar-refractivity contribution in [2.24, 2.45) is 0 Å². The molecule has 98 valence electrons. The lowest BCUT2D eigenvalue weighted by molar-refractivity contribution is 0.0599. The number of hydrogen-bond acceptors (Lipinski definition) is 3. The van der Waals surface area contributed by atoms with E-state index in [1.54, 1.807) is 6.07 Å². The maximum atomic E-state index is 11.8. The highest BCUT2D eigenvalue weighted by Crippen LogP contribution is 2.25. The van der Waals surface area contributed by atoms with Gasteiger partial charge in [0.15, 0.2) is 0 Å². The maximum Gasteiger partial charge on any atom is 0.343 e. The monoisotopic (exact) mass is 257 g/mol. The molecule has 4 nitrogen and oxygen atoms in total. The molecule has 4 heteroatoms. The second-order valence-electron chi connectivity index (χ2n) is 4.92. The Bertz CT molecular complexity index is 715. The topological polar surface area (TPSA) is 59.2 Å². The molecule has 1 aliphatic carbocycles. The largest absolute Gasteiger partial charge is 0.465 e. The zero-order valence-electron chi connectivity index (χ0n) is 10.8. The number of rotatable bonds is 1. The summed E-state index contributed by atoms with van der Waals surface area (Å²) in [5.74, 6) is -0.596. The average molecular weight is 257 g/mol. The Morgan fingerprint density at radius 3 is 2.53 bits per heavy atom. The van der Waals surface area contributed by atoms with Crippen molar-refractivity contribution in [3.63, 3.8) is 0 Å². The molecule has 0 aliphatic heterocycles. The number of aromatic nitrogens is 1. The highest BCUT2D eigenvalue weighted by molar-refractivity contribution is 5.93. The summed E-state index contributed by atoms with van der Waals surface area (Å²) in [5.41, 5.74) is 3.08. The molecule has 19 heavy (non-hydrogen) atoms. The van der Waals surface area contributed by atoms with Crippen LogP contribution in [0.5, 0.6) is 0 Å². The third kappa shape index (κ3) is 2.03. The number of ether oxygens (including phenoxy) is 1. The SMILES string of the molecule is COC(=O)c1cc2cc3c(cc2[nH]c1=O)CCCC3. The molecule has 0 saturated heterocycles. The Hall–Kier alpha value is -2.10. The number of pyridine rings is 1. The Kier molecular flexibility index (Phi) is 2.85. The zero-order valence-corrected chi connectivity index (χ0v) is 10.8. The highest BCUT2D eigenvalue weighted by Gasteiger charge is 2.15. The van der Waals surface area contributed by atoms with Crippen LogP contribution in [0.4, 0.5) is 0 Å². The Morgan fingerprint density at radius 1 is 1.16 bits per heavy atom. The molecular formula is C15H15NO3. The van der Waals surface area contributed by atoms with Crippen molar-refractivity contribution < 1.29 is 9.53 Å². The minimum absolute atomic E-state index is 0.0609. The van der Waals surface area contributed by atoms with E-state index < -0.39 is 11.5 Å². The number of aryl methyl sites for hydroxylation is 2. The van der Waals surface area contributed by atoms with Crippen LogP contribution in [0, 0.1) is 0 Å². The van der Waals surface area contributed by atoms with Gasteiger partial charge in [-0.3, -0.25) is 4.79 Å². The fourth-order valence-corrected chi connectivity index (χ4v) is 2.70. The normalized spacial score (nSPS) is 14.2. The number of nitrogens with one attached hydrogen (secondary N) is 1. The second kappa shape index (κ2) is 4.53. The van der Waals surface area contributed by atoms with Gasteiger partial charge in [0.05, 0.1) is 7.11 Å².